The number of halogens is 1. The Morgan fingerprint density at radius 3 is 2.69 bits per heavy atom. The van der Waals surface area contributed by atoms with E-state index in [2.05, 4.69) is 15.9 Å². The van der Waals surface area contributed by atoms with Crippen LogP contribution < -0.4 is 15.2 Å². The molecule has 1 rings (SSSR count). The lowest BCUT2D eigenvalue weighted by Gasteiger charge is -2.18. The second-order valence-electron chi connectivity index (χ2n) is 3.18. The fraction of sp³-hybridized carbons (Fsp3) is 0.455. The first-order valence-corrected chi connectivity index (χ1v) is 5.82. The summed E-state index contributed by atoms with van der Waals surface area (Å²) in [7, 11) is 1.56. The van der Waals surface area contributed by atoms with E-state index in [-0.39, 0.29) is 6.54 Å². The molecular formula is C11H16BrNO3. The summed E-state index contributed by atoms with van der Waals surface area (Å²) in [4.78, 5) is 0. The Labute approximate surface area is 103 Å². The van der Waals surface area contributed by atoms with E-state index in [0.29, 0.717) is 23.7 Å². The second-order valence-corrected chi connectivity index (χ2v) is 4.03. The van der Waals surface area contributed by atoms with E-state index in [1.807, 2.05) is 6.92 Å². The summed E-state index contributed by atoms with van der Waals surface area (Å²) >= 11 is 3.37. The number of rotatable bonds is 5. The molecule has 4 nitrogen and oxygen atoms in total. The summed E-state index contributed by atoms with van der Waals surface area (Å²) in [6, 6.07) is 3.58. The van der Waals surface area contributed by atoms with Gasteiger partial charge >= 0.3 is 0 Å². The van der Waals surface area contributed by atoms with Crippen molar-refractivity contribution in [2.75, 3.05) is 20.3 Å². The molecule has 0 aliphatic heterocycles. The molecule has 0 heterocycles. The van der Waals surface area contributed by atoms with Crippen LogP contribution in [0.3, 0.4) is 0 Å². The van der Waals surface area contributed by atoms with Crippen LogP contribution in [0, 0.1) is 0 Å². The van der Waals surface area contributed by atoms with Crippen LogP contribution in [0.15, 0.2) is 16.6 Å². The Morgan fingerprint density at radius 1 is 1.50 bits per heavy atom. The van der Waals surface area contributed by atoms with Crippen molar-refractivity contribution in [2.45, 2.75) is 13.0 Å². The Kier molecular flexibility index (Phi) is 5.05. The molecule has 0 aliphatic rings. The lowest BCUT2D eigenvalue weighted by atomic mass is 10.1. The first kappa shape index (κ1) is 13.3. The number of benzene rings is 1. The predicted octanol–water partition coefficient (Wildman–Crippen LogP) is 1.85. The monoisotopic (exact) mass is 289 g/mol. The van der Waals surface area contributed by atoms with E-state index in [1.54, 1.807) is 19.2 Å². The molecule has 0 saturated carbocycles. The predicted molar refractivity (Wildman–Crippen MR) is 65.9 cm³/mol. The first-order chi connectivity index (χ1) is 7.65. The summed E-state index contributed by atoms with van der Waals surface area (Å²) in [6.45, 7) is 2.50. The van der Waals surface area contributed by atoms with Gasteiger partial charge in [0, 0.05) is 16.6 Å². The Hall–Kier alpha value is -0.780. The molecule has 0 amide bonds. The highest BCUT2D eigenvalue weighted by molar-refractivity contribution is 9.10. The van der Waals surface area contributed by atoms with Crippen LogP contribution in [0.4, 0.5) is 0 Å². The normalized spacial score (nSPS) is 12.3. The van der Waals surface area contributed by atoms with Gasteiger partial charge in [0.15, 0.2) is 11.5 Å². The van der Waals surface area contributed by atoms with Crippen molar-refractivity contribution in [3.05, 3.63) is 22.2 Å². The maximum Gasteiger partial charge on any atom is 0.168 e. The standard InChI is InChI=1S/C11H16BrNO3/c1-3-16-11-9(15-2)5-4-7(12)10(11)8(14)6-13/h4-5,8,14H,3,6,13H2,1-2H3. The van der Waals surface area contributed by atoms with E-state index in [4.69, 9.17) is 15.2 Å². The molecule has 0 saturated heterocycles. The number of hydrogen-bond donors (Lipinski definition) is 2. The third kappa shape index (κ3) is 2.66. The number of aliphatic hydroxyl groups is 1. The van der Waals surface area contributed by atoms with Crippen LogP contribution in [0.5, 0.6) is 11.5 Å². The Morgan fingerprint density at radius 2 is 2.19 bits per heavy atom. The van der Waals surface area contributed by atoms with Gasteiger partial charge in [0.25, 0.3) is 0 Å². The number of aliphatic hydroxyl groups excluding tert-OH is 1. The number of ether oxygens (including phenoxy) is 2. The zero-order chi connectivity index (χ0) is 12.1. The summed E-state index contributed by atoms with van der Waals surface area (Å²) < 4.78 is 11.4. The number of hydrogen-bond acceptors (Lipinski definition) is 4. The van der Waals surface area contributed by atoms with Gasteiger partial charge in [-0.25, -0.2) is 0 Å². The molecule has 16 heavy (non-hydrogen) atoms. The molecule has 0 radical (unpaired) electrons. The van der Waals surface area contributed by atoms with Gasteiger partial charge < -0.3 is 20.3 Å². The summed E-state index contributed by atoms with van der Waals surface area (Å²) in [5.41, 5.74) is 6.09. The Balaban J connectivity index is 3.29. The lowest BCUT2D eigenvalue weighted by molar-refractivity contribution is 0.178. The number of nitrogens with two attached hydrogens (primary N) is 1. The first-order valence-electron chi connectivity index (χ1n) is 5.03. The maximum absolute atomic E-state index is 9.85. The van der Waals surface area contributed by atoms with Crippen LogP contribution in [0.25, 0.3) is 0 Å². The third-order valence-electron chi connectivity index (χ3n) is 2.17. The minimum atomic E-state index is -0.772. The van der Waals surface area contributed by atoms with Crippen LogP contribution in [0.1, 0.15) is 18.6 Å². The maximum atomic E-state index is 9.85. The van der Waals surface area contributed by atoms with E-state index >= 15 is 0 Å². The smallest absolute Gasteiger partial charge is 0.168 e. The molecule has 3 N–H and O–H groups in total. The van der Waals surface area contributed by atoms with E-state index in [0.717, 1.165) is 4.47 Å². The van der Waals surface area contributed by atoms with Gasteiger partial charge in [-0.05, 0) is 19.1 Å². The van der Waals surface area contributed by atoms with E-state index in [1.165, 1.54) is 0 Å². The summed E-state index contributed by atoms with van der Waals surface area (Å²) in [5.74, 6) is 1.13. The van der Waals surface area contributed by atoms with Crippen molar-refractivity contribution >= 4 is 15.9 Å². The second kappa shape index (κ2) is 6.08. The molecule has 90 valence electrons. The fourth-order valence-electron chi connectivity index (χ4n) is 1.44. The Bertz CT molecular complexity index is 357. The van der Waals surface area contributed by atoms with Gasteiger partial charge in [-0.15, -0.1) is 0 Å². The van der Waals surface area contributed by atoms with Crippen LogP contribution >= 0.6 is 15.9 Å². The molecule has 0 aromatic heterocycles. The number of methoxy groups -OCH3 is 1. The summed E-state index contributed by atoms with van der Waals surface area (Å²) in [5, 5.41) is 9.85. The van der Waals surface area contributed by atoms with Crippen molar-refractivity contribution in [3.63, 3.8) is 0 Å². The topological polar surface area (TPSA) is 64.7 Å². The van der Waals surface area contributed by atoms with Gasteiger partial charge in [0.1, 0.15) is 0 Å². The molecule has 0 spiro atoms. The van der Waals surface area contributed by atoms with Crippen LogP contribution in [-0.2, 0) is 0 Å². The highest BCUT2D eigenvalue weighted by atomic mass is 79.9. The zero-order valence-electron chi connectivity index (χ0n) is 9.37. The molecule has 1 aromatic carbocycles. The van der Waals surface area contributed by atoms with Crippen molar-refractivity contribution < 1.29 is 14.6 Å². The van der Waals surface area contributed by atoms with Crippen LogP contribution in [0.2, 0.25) is 0 Å². The fourth-order valence-corrected chi connectivity index (χ4v) is 2.01. The van der Waals surface area contributed by atoms with Gasteiger partial charge in [-0.2, -0.15) is 0 Å². The largest absolute Gasteiger partial charge is 0.493 e. The third-order valence-corrected chi connectivity index (χ3v) is 2.86. The highest BCUT2D eigenvalue weighted by Gasteiger charge is 2.19. The molecule has 1 unspecified atom stereocenters. The van der Waals surface area contributed by atoms with Crippen molar-refractivity contribution in [2.24, 2.45) is 5.73 Å². The summed E-state index contributed by atoms with van der Waals surface area (Å²) in [6.07, 6.45) is -0.772. The van der Waals surface area contributed by atoms with Crippen molar-refractivity contribution in [1.29, 1.82) is 0 Å². The highest BCUT2D eigenvalue weighted by Crippen LogP contribution is 2.39. The van der Waals surface area contributed by atoms with Gasteiger partial charge in [-0.3, -0.25) is 0 Å². The molecule has 5 heteroatoms. The minimum absolute atomic E-state index is 0.131. The van der Waals surface area contributed by atoms with Crippen molar-refractivity contribution in [1.82, 2.24) is 0 Å². The van der Waals surface area contributed by atoms with Crippen LogP contribution in [-0.4, -0.2) is 25.4 Å². The molecule has 1 aromatic rings. The SMILES string of the molecule is CCOc1c(OC)ccc(Br)c1C(O)CN. The molecule has 0 bridgehead atoms. The molecule has 1 atom stereocenters. The van der Waals surface area contributed by atoms with Crippen molar-refractivity contribution in [3.8, 4) is 11.5 Å². The zero-order valence-corrected chi connectivity index (χ0v) is 11.0. The van der Waals surface area contributed by atoms with E-state index in [9.17, 15) is 5.11 Å². The van der Waals surface area contributed by atoms with E-state index < -0.39 is 6.10 Å². The molecular weight excluding hydrogens is 274 g/mol. The molecule has 0 fully saturated rings. The quantitative estimate of drug-likeness (QED) is 0.868. The van der Waals surface area contributed by atoms with Gasteiger partial charge in [-0.1, -0.05) is 15.9 Å². The van der Waals surface area contributed by atoms with Gasteiger partial charge in [0.05, 0.1) is 19.8 Å². The average Bonchev–Trinajstić information content (AvgIpc) is 2.29. The minimum Gasteiger partial charge on any atom is -0.493 e. The average molecular weight is 290 g/mol. The molecule has 0 aliphatic carbocycles. The lowest BCUT2D eigenvalue weighted by Crippen LogP contribution is -2.14. The van der Waals surface area contributed by atoms with Gasteiger partial charge in [0.2, 0.25) is 0 Å².